The summed E-state index contributed by atoms with van der Waals surface area (Å²) in [4.78, 5) is 0. The Bertz CT molecular complexity index is 2000. The molecule has 0 unspecified atom stereocenters. The summed E-state index contributed by atoms with van der Waals surface area (Å²) in [6.45, 7) is 5.41. The molecule has 0 aliphatic carbocycles. The van der Waals surface area contributed by atoms with E-state index in [0.717, 1.165) is 6.54 Å². The van der Waals surface area contributed by atoms with Gasteiger partial charge in [0.2, 0.25) is 0 Å². The normalized spacial score (nSPS) is 12.3. The van der Waals surface area contributed by atoms with Gasteiger partial charge in [0, 0.05) is 22.0 Å². The van der Waals surface area contributed by atoms with Crippen LogP contribution in [0, 0.1) is 13.8 Å². The zero-order valence-electron chi connectivity index (χ0n) is 22.1. The number of nitrogens with zero attached hydrogens (tertiary/aromatic N) is 3. The minimum atomic E-state index is 0.935. The molecule has 5 aromatic carbocycles. The molecular formula is C36H28N3+. The third-order valence-corrected chi connectivity index (χ3v) is 8.24. The van der Waals surface area contributed by atoms with Crippen LogP contribution in [0.5, 0.6) is 0 Å². The van der Waals surface area contributed by atoms with E-state index >= 15 is 0 Å². The zero-order valence-corrected chi connectivity index (χ0v) is 22.1. The minimum absolute atomic E-state index is 0.935. The van der Waals surface area contributed by atoms with Crippen molar-refractivity contribution in [3.05, 3.63) is 138 Å². The highest BCUT2D eigenvalue weighted by Crippen LogP contribution is 2.36. The predicted octanol–water partition coefficient (Wildman–Crippen LogP) is 8.17. The van der Waals surface area contributed by atoms with Gasteiger partial charge in [-0.2, -0.15) is 4.57 Å². The molecule has 0 N–H and O–H groups in total. The van der Waals surface area contributed by atoms with Crippen LogP contribution >= 0.6 is 0 Å². The maximum Gasteiger partial charge on any atom is 0.294 e. The molecule has 0 saturated carbocycles. The molecule has 0 atom stereocenters. The van der Waals surface area contributed by atoms with Gasteiger partial charge in [0.1, 0.15) is 24.6 Å². The Balaban J connectivity index is 1.26. The van der Waals surface area contributed by atoms with E-state index in [9.17, 15) is 0 Å². The van der Waals surface area contributed by atoms with E-state index in [-0.39, 0.29) is 0 Å². The molecule has 0 amide bonds. The van der Waals surface area contributed by atoms with Crippen LogP contribution in [0.1, 0.15) is 16.7 Å². The van der Waals surface area contributed by atoms with Crippen LogP contribution in [0.4, 0.5) is 0 Å². The fraction of sp³-hybridized carbons (Fsp3) is 0.0833. The SMILES string of the molecule is Cc1cc(-c2cccc(-n3c4ccccc4c4ccccc43)c2)cc(C)c1-n1cc[n+]2c1-c1ccccc1C2. The fourth-order valence-electron chi connectivity index (χ4n) is 6.61. The summed E-state index contributed by atoms with van der Waals surface area (Å²) in [5.74, 6) is 1.26. The molecule has 0 radical (unpaired) electrons. The highest BCUT2D eigenvalue weighted by Gasteiger charge is 2.31. The van der Waals surface area contributed by atoms with E-state index in [1.165, 1.54) is 72.4 Å². The molecule has 3 nitrogen and oxygen atoms in total. The highest BCUT2D eigenvalue weighted by molar-refractivity contribution is 6.09. The molecule has 3 heterocycles. The van der Waals surface area contributed by atoms with Gasteiger partial charge in [0.15, 0.2) is 0 Å². The second-order valence-electron chi connectivity index (χ2n) is 10.7. The van der Waals surface area contributed by atoms with Crippen molar-refractivity contribution in [1.82, 2.24) is 9.13 Å². The summed E-state index contributed by atoms with van der Waals surface area (Å²) in [7, 11) is 0. The van der Waals surface area contributed by atoms with Gasteiger partial charge >= 0.3 is 0 Å². The van der Waals surface area contributed by atoms with Crippen LogP contribution in [-0.4, -0.2) is 9.13 Å². The lowest BCUT2D eigenvalue weighted by Gasteiger charge is -2.13. The molecule has 1 aliphatic rings. The Hall–Kier alpha value is -4.89. The van der Waals surface area contributed by atoms with Gasteiger partial charge in [-0.1, -0.05) is 66.7 Å². The minimum Gasteiger partial charge on any atom is -0.309 e. The lowest BCUT2D eigenvalue weighted by atomic mass is 9.98. The van der Waals surface area contributed by atoms with E-state index in [1.807, 2.05) is 0 Å². The van der Waals surface area contributed by atoms with E-state index in [1.54, 1.807) is 0 Å². The third-order valence-electron chi connectivity index (χ3n) is 8.24. The van der Waals surface area contributed by atoms with Crippen molar-refractivity contribution >= 4 is 21.8 Å². The molecule has 2 aromatic heterocycles. The smallest absolute Gasteiger partial charge is 0.294 e. The third kappa shape index (κ3) is 3.26. The largest absolute Gasteiger partial charge is 0.309 e. The lowest BCUT2D eigenvalue weighted by Crippen LogP contribution is -2.30. The molecule has 7 aromatic rings. The van der Waals surface area contributed by atoms with Gasteiger partial charge in [-0.3, -0.25) is 0 Å². The number of aromatic nitrogens is 3. The summed E-state index contributed by atoms with van der Waals surface area (Å²) in [5.41, 5.74) is 12.6. The van der Waals surface area contributed by atoms with Gasteiger partial charge in [-0.25, -0.2) is 4.57 Å². The molecule has 0 bridgehead atoms. The Kier molecular flexibility index (Phi) is 4.71. The van der Waals surface area contributed by atoms with Crippen LogP contribution in [-0.2, 0) is 6.54 Å². The molecule has 3 heteroatoms. The molecule has 186 valence electrons. The van der Waals surface area contributed by atoms with E-state index in [0.29, 0.717) is 0 Å². The molecule has 8 rings (SSSR count). The van der Waals surface area contributed by atoms with Crippen molar-refractivity contribution in [3.8, 4) is 33.9 Å². The average molecular weight is 503 g/mol. The molecule has 0 saturated heterocycles. The number of aryl methyl sites for hydroxylation is 2. The molecular weight excluding hydrogens is 474 g/mol. The number of fused-ring (bicyclic) bond motifs is 6. The van der Waals surface area contributed by atoms with Crippen molar-refractivity contribution in [2.75, 3.05) is 0 Å². The number of rotatable bonds is 3. The van der Waals surface area contributed by atoms with Crippen molar-refractivity contribution in [1.29, 1.82) is 0 Å². The summed E-state index contributed by atoms with van der Waals surface area (Å²) in [5, 5.41) is 2.57. The maximum absolute atomic E-state index is 2.39. The van der Waals surface area contributed by atoms with E-state index in [2.05, 4.69) is 149 Å². The van der Waals surface area contributed by atoms with Gasteiger partial charge < -0.3 is 4.57 Å². The van der Waals surface area contributed by atoms with Crippen LogP contribution in [0.2, 0.25) is 0 Å². The Morgan fingerprint density at radius 3 is 2.05 bits per heavy atom. The van der Waals surface area contributed by atoms with Crippen LogP contribution in [0.15, 0.2) is 122 Å². The van der Waals surface area contributed by atoms with Crippen LogP contribution < -0.4 is 4.57 Å². The van der Waals surface area contributed by atoms with Crippen LogP contribution in [0.3, 0.4) is 0 Å². The van der Waals surface area contributed by atoms with Gasteiger partial charge in [-0.15, -0.1) is 0 Å². The first kappa shape index (κ1) is 22.1. The number of para-hydroxylation sites is 2. The Labute approximate surface area is 227 Å². The topological polar surface area (TPSA) is 13.7 Å². The molecule has 0 spiro atoms. The molecule has 1 aliphatic heterocycles. The van der Waals surface area contributed by atoms with Gasteiger partial charge in [-0.05, 0) is 78.6 Å². The van der Waals surface area contributed by atoms with Crippen molar-refractivity contribution in [2.45, 2.75) is 20.4 Å². The molecule has 0 fully saturated rings. The van der Waals surface area contributed by atoms with Gasteiger partial charge in [0.25, 0.3) is 5.82 Å². The number of hydrogen-bond acceptors (Lipinski definition) is 0. The summed E-state index contributed by atoms with van der Waals surface area (Å²) >= 11 is 0. The zero-order chi connectivity index (χ0) is 26.1. The van der Waals surface area contributed by atoms with Crippen LogP contribution in [0.25, 0.3) is 55.7 Å². The van der Waals surface area contributed by atoms with Crippen molar-refractivity contribution in [2.24, 2.45) is 0 Å². The Morgan fingerprint density at radius 2 is 1.31 bits per heavy atom. The monoisotopic (exact) mass is 502 g/mol. The number of hydrogen-bond donors (Lipinski definition) is 0. The number of benzene rings is 5. The molecule has 39 heavy (non-hydrogen) atoms. The first-order chi connectivity index (χ1) is 19.2. The number of imidazole rings is 1. The lowest BCUT2D eigenvalue weighted by molar-refractivity contribution is -0.671. The van der Waals surface area contributed by atoms with Crippen molar-refractivity contribution < 1.29 is 4.57 Å². The quantitative estimate of drug-likeness (QED) is 0.216. The maximum atomic E-state index is 2.39. The fourth-order valence-corrected chi connectivity index (χ4v) is 6.61. The van der Waals surface area contributed by atoms with E-state index in [4.69, 9.17) is 0 Å². The van der Waals surface area contributed by atoms with Gasteiger partial charge in [0.05, 0.1) is 16.6 Å². The highest BCUT2D eigenvalue weighted by atomic mass is 15.2. The van der Waals surface area contributed by atoms with E-state index < -0.39 is 0 Å². The van der Waals surface area contributed by atoms with Crippen molar-refractivity contribution in [3.63, 3.8) is 0 Å². The second kappa shape index (κ2) is 8.31. The standard InChI is InChI=1S/C36H28N3/c1-24-20-28(21-25(2)35(24)38-19-18-37-23-27-10-3-4-13-30(27)36(37)38)26-11-9-12-29(22-26)39-33-16-7-5-14-31(33)32-15-6-8-17-34(32)39/h3-22H,23H2,1-2H3/q+1. The summed E-state index contributed by atoms with van der Waals surface area (Å²) < 4.78 is 7.11. The predicted molar refractivity (Wildman–Crippen MR) is 160 cm³/mol. The first-order valence-corrected chi connectivity index (χ1v) is 13.6. The summed E-state index contributed by atoms with van der Waals surface area (Å²) in [6, 6.07) is 39.8. The Morgan fingerprint density at radius 1 is 0.641 bits per heavy atom. The average Bonchev–Trinajstić information content (AvgIpc) is 3.63. The first-order valence-electron chi connectivity index (χ1n) is 13.6. The summed E-state index contributed by atoms with van der Waals surface area (Å²) in [6.07, 6.45) is 4.42. The second-order valence-corrected chi connectivity index (χ2v) is 10.7.